The molecule has 2 nitrogen and oxygen atoms in total. The Morgan fingerprint density at radius 3 is 2.87 bits per heavy atom. The number of hydrogen-bond acceptors (Lipinski definition) is 2. The molecule has 0 saturated carbocycles. The number of aliphatic hydroxyl groups is 1. The summed E-state index contributed by atoms with van der Waals surface area (Å²) in [5.41, 5.74) is 1.16. The van der Waals surface area contributed by atoms with Gasteiger partial charge in [-0.2, -0.15) is 0 Å². The number of halogens is 2. The highest BCUT2D eigenvalue weighted by Gasteiger charge is 2.20. The van der Waals surface area contributed by atoms with Crippen LogP contribution in [0.5, 0.6) is 0 Å². The molecule has 2 N–H and O–H groups in total. The Hall–Kier alpha value is -0.280. The van der Waals surface area contributed by atoms with Gasteiger partial charge in [0.25, 0.3) is 0 Å². The Labute approximate surface area is 101 Å². The van der Waals surface area contributed by atoms with Gasteiger partial charge in [0.2, 0.25) is 0 Å². The van der Waals surface area contributed by atoms with Crippen molar-refractivity contribution < 1.29 is 5.11 Å². The summed E-state index contributed by atoms with van der Waals surface area (Å²) < 4.78 is 0. The molecule has 2 atom stereocenters. The highest BCUT2D eigenvalue weighted by molar-refractivity contribution is 6.30. The van der Waals surface area contributed by atoms with Crippen LogP contribution < -0.4 is 5.32 Å². The van der Waals surface area contributed by atoms with Gasteiger partial charge in [0.05, 0.1) is 6.10 Å². The van der Waals surface area contributed by atoms with E-state index in [0.29, 0.717) is 0 Å². The van der Waals surface area contributed by atoms with Crippen LogP contribution in [0.4, 0.5) is 0 Å². The van der Waals surface area contributed by atoms with E-state index in [0.717, 1.165) is 30.0 Å². The fraction of sp³-hybridized carbons (Fsp3) is 0.455. The number of aliphatic hydroxyl groups excluding tert-OH is 1. The number of benzene rings is 1. The zero-order valence-corrected chi connectivity index (χ0v) is 9.89. The maximum absolute atomic E-state index is 9.54. The zero-order chi connectivity index (χ0) is 9.97. The zero-order valence-electron chi connectivity index (χ0n) is 8.32. The van der Waals surface area contributed by atoms with Gasteiger partial charge in [0.15, 0.2) is 0 Å². The van der Waals surface area contributed by atoms with Crippen molar-refractivity contribution in [3.8, 4) is 0 Å². The Morgan fingerprint density at radius 1 is 1.40 bits per heavy atom. The highest BCUT2D eigenvalue weighted by atomic mass is 35.5. The molecule has 1 fully saturated rings. The minimum atomic E-state index is -0.180. The minimum Gasteiger partial charge on any atom is -0.393 e. The van der Waals surface area contributed by atoms with Crippen molar-refractivity contribution in [3.05, 3.63) is 34.9 Å². The van der Waals surface area contributed by atoms with E-state index in [1.54, 1.807) is 0 Å². The van der Waals surface area contributed by atoms with E-state index in [4.69, 9.17) is 11.6 Å². The smallest absolute Gasteiger partial charge is 0.0570 e. The molecular weight excluding hydrogens is 233 g/mol. The third-order valence-corrected chi connectivity index (χ3v) is 2.86. The van der Waals surface area contributed by atoms with Gasteiger partial charge in [-0.1, -0.05) is 23.7 Å². The van der Waals surface area contributed by atoms with E-state index >= 15 is 0 Å². The second-order valence-electron chi connectivity index (χ2n) is 3.74. The fourth-order valence-electron chi connectivity index (χ4n) is 1.87. The third kappa shape index (κ3) is 3.35. The van der Waals surface area contributed by atoms with Gasteiger partial charge < -0.3 is 10.4 Å². The van der Waals surface area contributed by atoms with E-state index in [1.807, 2.05) is 24.3 Å². The molecule has 1 aliphatic rings. The summed E-state index contributed by atoms with van der Waals surface area (Å²) in [4.78, 5) is 0. The molecule has 0 aromatic heterocycles. The van der Waals surface area contributed by atoms with Crippen molar-refractivity contribution in [1.82, 2.24) is 5.32 Å². The van der Waals surface area contributed by atoms with Crippen LogP contribution in [0.15, 0.2) is 24.3 Å². The normalized spacial score (nSPS) is 25.7. The Balaban J connectivity index is 0.00000112. The SMILES string of the molecule is Cl.OC1CCNC(c2cccc(Cl)c2)C1. The summed E-state index contributed by atoms with van der Waals surface area (Å²) in [6.07, 6.45) is 1.44. The first-order chi connectivity index (χ1) is 6.75. The lowest BCUT2D eigenvalue weighted by atomic mass is 9.96. The van der Waals surface area contributed by atoms with Crippen molar-refractivity contribution in [2.24, 2.45) is 0 Å². The first kappa shape index (κ1) is 12.8. The molecule has 0 amide bonds. The Bertz CT molecular complexity index is 319. The van der Waals surface area contributed by atoms with Crippen LogP contribution in [-0.4, -0.2) is 17.8 Å². The van der Waals surface area contributed by atoms with Crippen LogP contribution in [0.2, 0.25) is 5.02 Å². The van der Waals surface area contributed by atoms with Gasteiger partial charge in [-0.15, -0.1) is 12.4 Å². The molecule has 15 heavy (non-hydrogen) atoms. The molecule has 0 spiro atoms. The molecule has 2 rings (SSSR count). The number of rotatable bonds is 1. The Morgan fingerprint density at radius 2 is 2.20 bits per heavy atom. The number of nitrogens with one attached hydrogen (secondary N) is 1. The molecule has 1 aliphatic heterocycles. The van der Waals surface area contributed by atoms with Gasteiger partial charge >= 0.3 is 0 Å². The minimum absolute atomic E-state index is 0. The highest BCUT2D eigenvalue weighted by Crippen LogP contribution is 2.24. The molecule has 2 unspecified atom stereocenters. The van der Waals surface area contributed by atoms with Gasteiger partial charge in [0.1, 0.15) is 0 Å². The van der Waals surface area contributed by atoms with E-state index in [-0.39, 0.29) is 24.6 Å². The molecule has 1 aromatic carbocycles. The van der Waals surface area contributed by atoms with Crippen molar-refractivity contribution in [2.75, 3.05) is 6.54 Å². The van der Waals surface area contributed by atoms with Crippen LogP contribution in [0.3, 0.4) is 0 Å². The van der Waals surface area contributed by atoms with Gasteiger partial charge in [-0.05, 0) is 37.1 Å². The average Bonchev–Trinajstić information content (AvgIpc) is 2.18. The van der Waals surface area contributed by atoms with E-state index in [9.17, 15) is 5.11 Å². The Kier molecular flexibility index (Phi) is 4.87. The molecular formula is C11H15Cl2NO. The standard InChI is InChI=1S/C11H14ClNO.ClH/c12-9-3-1-2-8(6-9)11-7-10(14)4-5-13-11;/h1-3,6,10-11,13-14H,4-5,7H2;1H. The quantitative estimate of drug-likeness (QED) is 0.800. The second kappa shape index (κ2) is 5.71. The lowest BCUT2D eigenvalue weighted by Gasteiger charge is -2.27. The van der Waals surface area contributed by atoms with Crippen LogP contribution in [0, 0.1) is 0 Å². The molecule has 0 aliphatic carbocycles. The van der Waals surface area contributed by atoms with E-state index < -0.39 is 0 Å². The molecule has 4 heteroatoms. The average molecular weight is 248 g/mol. The van der Waals surface area contributed by atoms with Crippen molar-refractivity contribution in [1.29, 1.82) is 0 Å². The first-order valence-electron chi connectivity index (χ1n) is 4.92. The van der Waals surface area contributed by atoms with Crippen molar-refractivity contribution in [2.45, 2.75) is 25.0 Å². The topological polar surface area (TPSA) is 32.3 Å². The second-order valence-corrected chi connectivity index (χ2v) is 4.18. The summed E-state index contributed by atoms with van der Waals surface area (Å²) >= 11 is 5.91. The maximum Gasteiger partial charge on any atom is 0.0570 e. The molecule has 1 heterocycles. The number of hydrogen-bond donors (Lipinski definition) is 2. The molecule has 1 aromatic rings. The van der Waals surface area contributed by atoms with Gasteiger partial charge in [0, 0.05) is 11.1 Å². The van der Waals surface area contributed by atoms with E-state index in [1.165, 1.54) is 0 Å². The molecule has 1 saturated heterocycles. The lowest BCUT2D eigenvalue weighted by Crippen LogP contribution is -2.34. The molecule has 0 radical (unpaired) electrons. The predicted octanol–water partition coefficient (Wildman–Crippen LogP) is 2.55. The van der Waals surface area contributed by atoms with Gasteiger partial charge in [-0.25, -0.2) is 0 Å². The first-order valence-corrected chi connectivity index (χ1v) is 5.30. The van der Waals surface area contributed by atoms with E-state index in [2.05, 4.69) is 5.32 Å². The van der Waals surface area contributed by atoms with Crippen LogP contribution in [-0.2, 0) is 0 Å². The van der Waals surface area contributed by atoms with Crippen LogP contribution in [0.25, 0.3) is 0 Å². The number of piperidine rings is 1. The third-order valence-electron chi connectivity index (χ3n) is 2.63. The summed E-state index contributed by atoms with van der Waals surface area (Å²) in [6, 6.07) is 8.06. The summed E-state index contributed by atoms with van der Waals surface area (Å²) in [7, 11) is 0. The molecule has 84 valence electrons. The van der Waals surface area contributed by atoms with Gasteiger partial charge in [-0.3, -0.25) is 0 Å². The summed E-state index contributed by atoms with van der Waals surface area (Å²) in [5.74, 6) is 0. The largest absolute Gasteiger partial charge is 0.393 e. The fourth-order valence-corrected chi connectivity index (χ4v) is 2.07. The van der Waals surface area contributed by atoms with Crippen LogP contribution >= 0.6 is 24.0 Å². The van der Waals surface area contributed by atoms with Crippen molar-refractivity contribution in [3.63, 3.8) is 0 Å². The summed E-state index contributed by atoms with van der Waals surface area (Å²) in [6.45, 7) is 0.873. The lowest BCUT2D eigenvalue weighted by molar-refractivity contribution is 0.117. The van der Waals surface area contributed by atoms with Crippen LogP contribution in [0.1, 0.15) is 24.4 Å². The van der Waals surface area contributed by atoms with Crippen molar-refractivity contribution >= 4 is 24.0 Å². The monoisotopic (exact) mass is 247 g/mol. The maximum atomic E-state index is 9.54. The predicted molar refractivity (Wildman–Crippen MR) is 64.7 cm³/mol. The molecule has 0 bridgehead atoms. The summed E-state index contributed by atoms with van der Waals surface area (Å²) in [5, 5.41) is 13.7.